The summed E-state index contributed by atoms with van der Waals surface area (Å²) in [5.74, 6) is -0.911. The molecule has 9 heteroatoms. The lowest BCUT2D eigenvalue weighted by atomic mass is 10.00. The Hall–Kier alpha value is -3.10. The lowest BCUT2D eigenvalue weighted by Crippen LogP contribution is -2.48. The second-order valence-corrected chi connectivity index (χ2v) is 7.16. The van der Waals surface area contributed by atoms with E-state index in [0.29, 0.717) is 29.6 Å². The first-order chi connectivity index (χ1) is 14.3. The molecular formula is C21H24ClN5O3. The van der Waals surface area contributed by atoms with Crippen molar-refractivity contribution in [2.45, 2.75) is 26.0 Å². The first kappa shape index (κ1) is 21.6. The maximum atomic E-state index is 13.2. The average Bonchev–Trinajstić information content (AvgIpc) is 3.08. The van der Waals surface area contributed by atoms with Crippen LogP contribution in [-0.4, -0.2) is 47.8 Å². The fourth-order valence-corrected chi connectivity index (χ4v) is 3.46. The van der Waals surface area contributed by atoms with E-state index in [-0.39, 0.29) is 17.2 Å². The normalized spacial score (nSPS) is 18.2. The van der Waals surface area contributed by atoms with Gasteiger partial charge in [0.25, 0.3) is 5.91 Å². The molecule has 2 amide bonds. The molecule has 5 N–H and O–H groups in total. The third-order valence-electron chi connectivity index (χ3n) is 4.79. The summed E-state index contributed by atoms with van der Waals surface area (Å²) in [5, 5.41) is 9.76. The number of carbonyl (C=O) groups is 2. The number of amides is 2. The molecule has 0 fully saturated rings. The lowest BCUT2D eigenvalue weighted by Gasteiger charge is -2.26. The van der Waals surface area contributed by atoms with Crippen LogP contribution in [0.5, 0.6) is 0 Å². The number of nitrogens with one attached hydrogen (secondary N) is 1. The van der Waals surface area contributed by atoms with Gasteiger partial charge in [-0.25, -0.2) is 0 Å². The molecule has 3 rings (SSSR count). The zero-order valence-corrected chi connectivity index (χ0v) is 17.5. The molecule has 2 aromatic carbocycles. The van der Waals surface area contributed by atoms with Crippen molar-refractivity contribution in [2.75, 3.05) is 24.2 Å². The average molecular weight is 430 g/mol. The van der Waals surface area contributed by atoms with Crippen LogP contribution in [0.15, 0.2) is 47.6 Å². The predicted molar refractivity (Wildman–Crippen MR) is 118 cm³/mol. The molecule has 30 heavy (non-hydrogen) atoms. The second-order valence-electron chi connectivity index (χ2n) is 6.72. The van der Waals surface area contributed by atoms with Gasteiger partial charge in [0, 0.05) is 29.3 Å². The number of hydrogen-bond acceptors (Lipinski definition) is 6. The van der Waals surface area contributed by atoms with Crippen molar-refractivity contribution in [3.63, 3.8) is 0 Å². The van der Waals surface area contributed by atoms with Gasteiger partial charge < -0.3 is 21.5 Å². The van der Waals surface area contributed by atoms with Gasteiger partial charge in [0.1, 0.15) is 6.10 Å². The van der Waals surface area contributed by atoms with Crippen LogP contribution in [0, 0.1) is 0 Å². The monoisotopic (exact) mass is 429 g/mol. The number of nitrogen functional groups attached to an aromatic ring is 1. The summed E-state index contributed by atoms with van der Waals surface area (Å²) in [5.41, 5.74) is 13.6. The smallest absolute Gasteiger partial charge is 0.251 e. The Kier molecular flexibility index (Phi) is 6.59. The minimum absolute atomic E-state index is 0.243. The van der Waals surface area contributed by atoms with Crippen LogP contribution in [-0.2, 0) is 9.53 Å². The molecule has 0 aromatic heterocycles. The molecule has 1 aliphatic heterocycles. The SMILES string of the molecule is CCOC1C(c2ccc(Cl)cc2)=NN(CC)C1C(=O)Nc1ccc(C(N)=O)cc1N. The van der Waals surface area contributed by atoms with Gasteiger partial charge in [-0.05, 0) is 44.2 Å². The van der Waals surface area contributed by atoms with Crippen molar-refractivity contribution in [3.05, 3.63) is 58.6 Å². The summed E-state index contributed by atoms with van der Waals surface area (Å²) in [6, 6.07) is 11.0. The number of benzene rings is 2. The van der Waals surface area contributed by atoms with Crippen LogP contribution in [0.2, 0.25) is 5.02 Å². The number of anilines is 2. The largest absolute Gasteiger partial charge is 0.397 e. The summed E-state index contributed by atoms with van der Waals surface area (Å²) in [7, 11) is 0. The number of halogens is 1. The van der Waals surface area contributed by atoms with Crippen LogP contribution >= 0.6 is 11.6 Å². The van der Waals surface area contributed by atoms with Crippen LogP contribution in [0.4, 0.5) is 11.4 Å². The molecule has 0 spiro atoms. The van der Waals surface area contributed by atoms with Gasteiger partial charge in [-0.15, -0.1) is 0 Å². The Morgan fingerprint density at radius 1 is 1.20 bits per heavy atom. The van der Waals surface area contributed by atoms with E-state index in [4.69, 9.17) is 27.8 Å². The predicted octanol–water partition coefficient (Wildman–Crippen LogP) is 2.47. The zero-order valence-electron chi connectivity index (χ0n) is 16.8. The van der Waals surface area contributed by atoms with Crippen molar-refractivity contribution >= 4 is 40.5 Å². The summed E-state index contributed by atoms with van der Waals surface area (Å²) in [6.45, 7) is 4.69. The Morgan fingerprint density at radius 2 is 1.90 bits per heavy atom. The lowest BCUT2D eigenvalue weighted by molar-refractivity contribution is -0.123. The highest BCUT2D eigenvalue weighted by Gasteiger charge is 2.42. The van der Waals surface area contributed by atoms with E-state index in [1.165, 1.54) is 12.1 Å². The van der Waals surface area contributed by atoms with E-state index < -0.39 is 18.1 Å². The molecule has 2 atom stereocenters. The van der Waals surface area contributed by atoms with Crippen molar-refractivity contribution in [3.8, 4) is 0 Å². The van der Waals surface area contributed by atoms with Crippen LogP contribution in [0.1, 0.15) is 29.8 Å². The Balaban J connectivity index is 1.88. The number of likely N-dealkylation sites (N-methyl/N-ethyl adjacent to an activating group) is 1. The van der Waals surface area contributed by atoms with E-state index >= 15 is 0 Å². The first-order valence-electron chi connectivity index (χ1n) is 9.58. The number of carbonyl (C=O) groups excluding carboxylic acids is 2. The number of ether oxygens (including phenoxy) is 1. The fourth-order valence-electron chi connectivity index (χ4n) is 3.33. The van der Waals surface area contributed by atoms with Crippen molar-refractivity contribution in [1.29, 1.82) is 0 Å². The Labute approximate surface area is 179 Å². The third kappa shape index (κ3) is 4.39. The van der Waals surface area contributed by atoms with Crippen molar-refractivity contribution < 1.29 is 14.3 Å². The van der Waals surface area contributed by atoms with Gasteiger partial charge >= 0.3 is 0 Å². The summed E-state index contributed by atoms with van der Waals surface area (Å²) >= 11 is 6.00. The van der Waals surface area contributed by atoms with E-state index in [1.807, 2.05) is 26.0 Å². The van der Waals surface area contributed by atoms with Crippen LogP contribution in [0.3, 0.4) is 0 Å². The number of hydrogen-bond donors (Lipinski definition) is 3. The highest BCUT2D eigenvalue weighted by Crippen LogP contribution is 2.27. The van der Waals surface area contributed by atoms with Gasteiger partial charge in [0.2, 0.25) is 5.91 Å². The van der Waals surface area contributed by atoms with Gasteiger partial charge in [-0.2, -0.15) is 5.10 Å². The molecular weight excluding hydrogens is 406 g/mol. The zero-order chi connectivity index (χ0) is 21.8. The van der Waals surface area contributed by atoms with Gasteiger partial charge in [-0.3, -0.25) is 14.6 Å². The van der Waals surface area contributed by atoms with E-state index in [2.05, 4.69) is 10.4 Å². The molecule has 8 nitrogen and oxygen atoms in total. The number of nitrogens with two attached hydrogens (primary N) is 2. The highest BCUT2D eigenvalue weighted by atomic mass is 35.5. The summed E-state index contributed by atoms with van der Waals surface area (Å²) < 4.78 is 5.93. The molecule has 158 valence electrons. The third-order valence-corrected chi connectivity index (χ3v) is 5.04. The maximum Gasteiger partial charge on any atom is 0.251 e. The van der Waals surface area contributed by atoms with Gasteiger partial charge in [0.15, 0.2) is 6.04 Å². The van der Waals surface area contributed by atoms with E-state index in [0.717, 1.165) is 5.56 Å². The first-order valence-corrected chi connectivity index (χ1v) is 9.96. The summed E-state index contributed by atoms with van der Waals surface area (Å²) in [4.78, 5) is 24.5. The molecule has 2 aromatic rings. The number of nitrogens with zero attached hydrogens (tertiary/aromatic N) is 2. The van der Waals surface area contributed by atoms with Crippen LogP contribution in [0.25, 0.3) is 0 Å². The van der Waals surface area contributed by atoms with Crippen molar-refractivity contribution in [1.82, 2.24) is 5.01 Å². The molecule has 0 aliphatic carbocycles. The van der Waals surface area contributed by atoms with Crippen molar-refractivity contribution in [2.24, 2.45) is 10.8 Å². The second kappa shape index (κ2) is 9.15. The Bertz CT molecular complexity index is 977. The van der Waals surface area contributed by atoms with E-state index in [1.54, 1.807) is 23.2 Å². The topological polar surface area (TPSA) is 123 Å². The molecule has 1 aliphatic rings. The quantitative estimate of drug-likeness (QED) is 0.583. The van der Waals surface area contributed by atoms with E-state index in [9.17, 15) is 9.59 Å². The Morgan fingerprint density at radius 3 is 2.47 bits per heavy atom. The number of rotatable bonds is 7. The van der Waals surface area contributed by atoms with Gasteiger partial charge in [0.05, 0.1) is 17.1 Å². The van der Waals surface area contributed by atoms with Crippen LogP contribution < -0.4 is 16.8 Å². The fraction of sp³-hybridized carbons (Fsp3) is 0.286. The molecule has 0 saturated heterocycles. The minimum Gasteiger partial charge on any atom is -0.397 e. The highest BCUT2D eigenvalue weighted by molar-refractivity contribution is 6.30. The maximum absolute atomic E-state index is 13.2. The molecule has 1 heterocycles. The number of hydrazone groups is 1. The number of primary amides is 1. The molecule has 2 unspecified atom stereocenters. The van der Waals surface area contributed by atoms with Gasteiger partial charge in [-0.1, -0.05) is 23.7 Å². The molecule has 0 bridgehead atoms. The molecule has 0 saturated carbocycles. The minimum atomic E-state index is -0.684. The molecule has 0 radical (unpaired) electrons. The summed E-state index contributed by atoms with van der Waals surface area (Å²) in [6.07, 6.45) is -0.567. The standard InChI is InChI=1S/C21H24ClN5O3/c1-3-27-18(21(29)25-16-10-7-13(20(24)28)11-15(16)23)19(30-4-2)17(26-27)12-5-8-14(22)9-6-12/h5-11,18-19H,3-4,23H2,1-2H3,(H2,24,28)(H,25,29).